The maximum absolute atomic E-state index is 13.4. The molecule has 0 saturated heterocycles. The molecule has 156 valence electrons. The molecule has 4 aromatic rings. The maximum atomic E-state index is 13.4. The van der Waals surface area contributed by atoms with Gasteiger partial charge in [-0.3, -0.25) is 4.79 Å². The van der Waals surface area contributed by atoms with Gasteiger partial charge < -0.3 is 9.47 Å². The SMILES string of the molecule is CC(C)N(Cc1ccccc1)C(=O)Cn1c(/C=C/c2ccccc2)nc2ccccc21. The van der Waals surface area contributed by atoms with E-state index in [1.807, 2.05) is 82.3 Å². The van der Waals surface area contributed by atoms with E-state index in [2.05, 4.69) is 38.1 Å². The number of rotatable bonds is 7. The van der Waals surface area contributed by atoms with Gasteiger partial charge in [-0.15, -0.1) is 0 Å². The summed E-state index contributed by atoms with van der Waals surface area (Å²) in [6, 6.07) is 28.3. The molecular formula is C27H27N3O. The predicted octanol–water partition coefficient (Wildman–Crippen LogP) is 5.64. The Balaban J connectivity index is 1.64. The van der Waals surface area contributed by atoms with E-state index in [0.29, 0.717) is 6.54 Å². The molecular weight excluding hydrogens is 382 g/mol. The van der Waals surface area contributed by atoms with Crippen LogP contribution in [0.1, 0.15) is 30.8 Å². The molecule has 4 rings (SSSR count). The summed E-state index contributed by atoms with van der Waals surface area (Å²) in [5.74, 6) is 0.859. The third-order valence-electron chi connectivity index (χ3n) is 5.34. The second kappa shape index (κ2) is 9.43. The van der Waals surface area contributed by atoms with E-state index in [9.17, 15) is 4.79 Å². The van der Waals surface area contributed by atoms with Crippen LogP contribution in [0, 0.1) is 0 Å². The smallest absolute Gasteiger partial charge is 0.243 e. The van der Waals surface area contributed by atoms with Crippen molar-refractivity contribution in [2.24, 2.45) is 0 Å². The maximum Gasteiger partial charge on any atom is 0.243 e. The number of carbonyl (C=O) groups excluding carboxylic acids is 1. The van der Waals surface area contributed by atoms with Gasteiger partial charge in [-0.05, 0) is 43.2 Å². The lowest BCUT2D eigenvalue weighted by Gasteiger charge is -2.27. The topological polar surface area (TPSA) is 38.1 Å². The average Bonchev–Trinajstić information content (AvgIpc) is 3.14. The number of hydrogen-bond acceptors (Lipinski definition) is 2. The molecule has 3 aromatic carbocycles. The van der Waals surface area contributed by atoms with E-state index in [4.69, 9.17) is 4.98 Å². The lowest BCUT2D eigenvalue weighted by Crippen LogP contribution is -2.38. The fraction of sp³-hybridized carbons (Fsp3) is 0.185. The van der Waals surface area contributed by atoms with Crippen molar-refractivity contribution < 1.29 is 4.79 Å². The quantitative estimate of drug-likeness (QED) is 0.396. The van der Waals surface area contributed by atoms with Gasteiger partial charge in [-0.2, -0.15) is 0 Å². The predicted molar refractivity (Wildman–Crippen MR) is 127 cm³/mol. The molecule has 1 heterocycles. The number of imidazole rings is 1. The molecule has 0 aliphatic carbocycles. The Hall–Kier alpha value is -3.66. The van der Waals surface area contributed by atoms with E-state index in [1.54, 1.807) is 0 Å². The van der Waals surface area contributed by atoms with Gasteiger partial charge in [0.25, 0.3) is 0 Å². The standard InChI is InChI=1S/C27H27N3O/c1-21(2)29(19-23-13-7-4-8-14-23)27(31)20-30-25-16-10-9-15-24(25)28-26(30)18-17-22-11-5-3-6-12-22/h3-18,21H,19-20H2,1-2H3/b18-17+. The minimum absolute atomic E-state index is 0.0800. The van der Waals surface area contributed by atoms with Crippen LogP contribution in [0.4, 0.5) is 0 Å². The van der Waals surface area contributed by atoms with Gasteiger partial charge in [0.2, 0.25) is 5.91 Å². The third kappa shape index (κ3) is 4.92. The molecule has 31 heavy (non-hydrogen) atoms. The van der Waals surface area contributed by atoms with Gasteiger partial charge >= 0.3 is 0 Å². The number of amides is 1. The number of hydrogen-bond donors (Lipinski definition) is 0. The Morgan fingerprint density at radius 2 is 1.55 bits per heavy atom. The van der Waals surface area contributed by atoms with Gasteiger partial charge in [0.15, 0.2) is 0 Å². The van der Waals surface area contributed by atoms with Gasteiger partial charge in [-0.25, -0.2) is 4.98 Å². The Bertz CT molecular complexity index is 1180. The lowest BCUT2D eigenvalue weighted by atomic mass is 10.2. The molecule has 0 aliphatic rings. The first-order chi connectivity index (χ1) is 15.1. The third-order valence-corrected chi connectivity index (χ3v) is 5.34. The summed E-state index contributed by atoms with van der Waals surface area (Å²) in [7, 11) is 0. The van der Waals surface area contributed by atoms with Crippen molar-refractivity contribution >= 4 is 29.1 Å². The molecule has 0 radical (unpaired) electrons. The molecule has 0 N–H and O–H groups in total. The summed E-state index contributed by atoms with van der Waals surface area (Å²) in [5, 5.41) is 0. The molecule has 0 unspecified atom stereocenters. The van der Waals surface area contributed by atoms with Crippen molar-refractivity contribution in [1.29, 1.82) is 0 Å². The summed E-state index contributed by atoms with van der Waals surface area (Å²) >= 11 is 0. The molecule has 0 bridgehead atoms. The van der Waals surface area contributed by atoms with Crippen LogP contribution in [-0.2, 0) is 17.9 Å². The van der Waals surface area contributed by atoms with E-state index in [0.717, 1.165) is 28.0 Å². The van der Waals surface area contributed by atoms with Gasteiger partial charge in [0, 0.05) is 12.6 Å². The minimum Gasteiger partial charge on any atom is -0.334 e. The fourth-order valence-electron chi connectivity index (χ4n) is 3.69. The Labute approximate surface area is 183 Å². The molecule has 4 nitrogen and oxygen atoms in total. The van der Waals surface area contributed by atoms with Crippen LogP contribution >= 0.6 is 0 Å². The number of benzene rings is 3. The van der Waals surface area contributed by atoms with Crippen LogP contribution < -0.4 is 0 Å². The normalized spacial score (nSPS) is 11.5. The van der Waals surface area contributed by atoms with E-state index in [1.165, 1.54) is 0 Å². The van der Waals surface area contributed by atoms with Crippen LogP contribution in [0.25, 0.3) is 23.2 Å². The molecule has 1 amide bonds. The molecule has 0 aliphatic heterocycles. The number of aromatic nitrogens is 2. The van der Waals surface area contributed by atoms with Gasteiger partial charge in [0.1, 0.15) is 12.4 Å². The Morgan fingerprint density at radius 3 is 2.26 bits per heavy atom. The molecule has 0 atom stereocenters. The fourth-order valence-corrected chi connectivity index (χ4v) is 3.69. The monoisotopic (exact) mass is 409 g/mol. The average molecular weight is 410 g/mol. The highest BCUT2D eigenvalue weighted by atomic mass is 16.2. The number of para-hydroxylation sites is 2. The summed E-state index contributed by atoms with van der Waals surface area (Å²) < 4.78 is 2.01. The zero-order valence-electron chi connectivity index (χ0n) is 18.0. The second-order valence-corrected chi connectivity index (χ2v) is 7.89. The molecule has 0 saturated carbocycles. The zero-order chi connectivity index (χ0) is 21.6. The van der Waals surface area contributed by atoms with Crippen LogP contribution in [0.3, 0.4) is 0 Å². The van der Waals surface area contributed by atoms with Gasteiger partial charge in [-0.1, -0.05) is 78.9 Å². The largest absolute Gasteiger partial charge is 0.334 e. The van der Waals surface area contributed by atoms with Crippen LogP contribution in [0.2, 0.25) is 0 Å². The minimum atomic E-state index is 0.0800. The van der Waals surface area contributed by atoms with Crippen molar-refractivity contribution in [2.45, 2.75) is 33.0 Å². The van der Waals surface area contributed by atoms with E-state index in [-0.39, 0.29) is 18.5 Å². The first kappa shape index (κ1) is 20.6. The first-order valence-corrected chi connectivity index (χ1v) is 10.6. The number of fused-ring (bicyclic) bond motifs is 1. The first-order valence-electron chi connectivity index (χ1n) is 10.6. The van der Waals surface area contributed by atoms with Crippen LogP contribution in [0.15, 0.2) is 84.9 Å². The zero-order valence-corrected chi connectivity index (χ0v) is 18.0. The van der Waals surface area contributed by atoms with Crippen LogP contribution in [-0.4, -0.2) is 26.4 Å². The van der Waals surface area contributed by atoms with Crippen molar-refractivity contribution in [2.75, 3.05) is 0 Å². The molecule has 0 fully saturated rings. The van der Waals surface area contributed by atoms with Crippen molar-refractivity contribution in [3.8, 4) is 0 Å². The summed E-state index contributed by atoms with van der Waals surface area (Å²) in [5.41, 5.74) is 4.08. The number of carbonyl (C=O) groups is 1. The van der Waals surface area contributed by atoms with Crippen molar-refractivity contribution in [1.82, 2.24) is 14.5 Å². The molecule has 0 spiro atoms. The van der Waals surface area contributed by atoms with Crippen molar-refractivity contribution in [3.63, 3.8) is 0 Å². The number of nitrogens with zero attached hydrogens (tertiary/aromatic N) is 3. The lowest BCUT2D eigenvalue weighted by molar-refractivity contribution is -0.134. The second-order valence-electron chi connectivity index (χ2n) is 7.89. The van der Waals surface area contributed by atoms with E-state index >= 15 is 0 Å². The van der Waals surface area contributed by atoms with E-state index < -0.39 is 0 Å². The highest BCUT2D eigenvalue weighted by Crippen LogP contribution is 2.19. The van der Waals surface area contributed by atoms with Gasteiger partial charge in [0.05, 0.1) is 11.0 Å². The Kier molecular flexibility index (Phi) is 6.27. The highest BCUT2D eigenvalue weighted by Gasteiger charge is 2.20. The summed E-state index contributed by atoms with van der Waals surface area (Å²) in [6.07, 6.45) is 4.02. The molecule has 1 aromatic heterocycles. The molecule has 4 heteroatoms. The summed E-state index contributed by atoms with van der Waals surface area (Å²) in [6.45, 7) is 4.96. The van der Waals surface area contributed by atoms with Crippen LogP contribution in [0.5, 0.6) is 0 Å². The van der Waals surface area contributed by atoms with Crippen molar-refractivity contribution in [3.05, 3.63) is 102 Å². The Morgan fingerprint density at radius 1 is 0.903 bits per heavy atom. The highest BCUT2D eigenvalue weighted by molar-refractivity contribution is 5.83. The summed E-state index contributed by atoms with van der Waals surface area (Å²) in [4.78, 5) is 20.1.